The van der Waals surface area contributed by atoms with Crippen LogP contribution in [-0.2, 0) is 21.3 Å². The predicted molar refractivity (Wildman–Crippen MR) is 82.6 cm³/mol. The van der Waals surface area contributed by atoms with Crippen LogP contribution in [0.4, 0.5) is 0 Å². The lowest BCUT2D eigenvalue weighted by Gasteiger charge is -2.30. The third kappa shape index (κ3) is 4.26. The molecule has 118 valence electrons. The Kier molecular flexibility index (Phi) is 5.75. The third-order valence-electron chi connectivity index (χ3n) is 3.50. The van der Waals surface area contributed by atoms with Gasteiger partial charge in [-0.25, -0.2) is 8.42 Å². The first kappa shape index (κ1) is 16.4. The molecule has 1 heterocycles. The maximum atomic E-state index is 12.7. The Bertz CT molecular complexity index is 560. The van der Waals surface area contributed by atoms with Crippen molar-refractivity contribution in [2.45, 2.75) is 37.8 Å². The lowest BCUT2D eigenvalue weighted by Crippen LogP contribution is -2.44. The van der Waals surface area contributed by atoms with E-state index in [1.807, 2.05) is 13.0 Å². The summed E-state index contributed by atoms with van der Waals surface area (Å²) in [6.45, 7) is 6.92. The molecule has 6 heteroatoms. The topological polar surface area (TPSA) is 58.6 Å². The summed E-state index contributed by atoms with van der Waals surface area (Å²) in [5, 5.41) is 3.29. The number of sulfonamides is 1. The summed E-state index contributed by atoms with van der Waals surface area (Å²) in [6.07, 6.45) is 1.01. The van der Waals surface area contributed by atoms with E-state index in [9.17, 15) is 8.42 Å². The fourth-order valence-corrected chi connectivity index (χ4v) is 3.95. The van der Waals surface area contributed by atoms with E-state index >= 15 is 0 Å². The Labute approximate surface area is 127 Å². The van der Waals surface area contributed by atoms with Crippen molar-refractivity contribution in [3.8, 4) is 0 Å². The van der Waals surface area contributed by atoms with Crippen LogP contribution in [0.1, 0.15) is 25.8 Å². The minimum Gasteiger partial charge on any atom is -0.376 e. The van der Waals surface area contributed by atoms with E-state index in [0.717, 1.165) is 18.5 Å². The standard InChI is InChI=1S/C15H24N2O3S/c1-3-7-16-11-14-5-4-6-15(10-14)21(18,19)17-8-9-20-13(2)12-17/h4-6,10,13,16H,3,7-9,11-12H2,1-2H3. The Hall–Kier alpha value is -0.950. The van der Waals surface area contributed by atoms with Crippen LogP contribution in [0.5, 0.6) is 0 Å². The van der Waals surface area contributed by atoms with Gasteiger partial charge < -0.3 is 10.1 Å². The van der Waals surface area contributed by atoms with Gasteiger partial charge in [-0.3, -0.25) is 0 Å². The molecule has 1 unspecified atom stereocenters. The average molecular weight is 312 g/mol. The normalized spacial score (nSPS) is 20.6. The van der Waals surface area contributed by atoms with E-state index in [1.165, 1.54) is 4.31 Å². The van der Waals surface area contributed by atoms with Crippen molar-refractivity contribution in [2.75, 3.05) is 26.2 Å². The van der Waals surface area contributed by atoms with E-state index in [-0.39, 0.29) is 6.10 Å². The number of morpholine rings is 1. The molecule has 1 saturated heterocycles. The summed E-state index contributed by atoms with van der Waals surface area (Å²) in [4.78, 5) is 0.368. The fourth-order valence-electron chi connectivity index (χ4n) is 2.38. The van der Waals surface area contributed by atoms with Crippen molar-refractivity contribution in [3.05, 3.63) is 29.8 Å². The van der Waals surface area contributed by atoms with Crippen LogP contribution in [0.25, 0.3) is 0 Å². The number of rotatable bonds is 6. The van der Waals surface area contributed by atoms with Crippen molar-refractivity contribution >= 4 is 10.0 Å². The van der Waals surface area contributed by atoms with Gasteiger partial charge in [0.05, 0.1) is 17.6 Å². The van der Waals surface area contributed by atoms with E-state index in [1.54, 1.807) is 18.2 Å². The molecule has 1 aromatic rings. The zero-order valence-electron chi connectivity index (χ0n) is 12.7. The highest BCUT2D eigenvalue weighted by atomic mass is 32.2. The molecule has 21 heavy (non-hydrogen) atoms. The molecule has 0 radical (unpaired) electrons. The Morgan fingerprint density at radius 2 is 2.24 bits per heavy atom. The lowest BCUT2D eigenvalue weighted by atomic mass is 10.2. The van der Waals surface area contributed by atoms with Crippen LogP contribution in [-0.4, -0.2) is 45.1 Å². The highest BCUT2D eigenvalue weighted by Crippen LogP contribution is 2.19. The van der Waals surface area contributed by atoms with Crippen LogP contribution in [0.15, 0.2) is 29.2 Å². The van der Waals surface area contributed by atoms with Crippen LogP contribution >= 0.6 is 0 Å². The highest BCUT2D eigenvalue weighted by molar-refractivity contribution is 7.89. The molecule has 1 aliphatic heterocycles. The van der Waals surface area contributed by atoms with Gasteiger partial charge in [-0.05, 0) is 37.6 Å². The van der Waals surface area contributed by atoms with Crippen LogP contribution in [0, 0.1) is 0 Å². The fraction of sp³-hybridized carbons (Fsp3) is 0.600. The molecule has 0 aromatic heterocycles. The highest BCUT2D eigenvalue weighted by Gasteiger charge is 2.29. The molecule has 0 aliphatic carbocycles. The van der Waals surface area contributed by atoms with Crippen molar-refractivity contribution in [2.24, 2.45) is 0 Å². The maximum absolute atomic E-state index is 12.7. The van der Waals surface area contributed by atoms with Crippen molar-refractivity contribution in [3.63, 3.8) is 0 Å². The summed E-state index contributed by atoms with van der Waals surface area (Å²) in [7, 11) is -3.42. The van der Waals surface area contributed by atoms with Gasteiger partial charge in [-0.1, -0.05) is 19.1 Å². The monoisotopic (exact) mass is 312 g/mol. The molecule has 1 N–H and O–H groups in total. The van der Waals surface area contributed by atoms with Crippen molar-refractivity contribution < 1.29 is 13.2 Å². The van der Waals surface area contributed by atoms with Crippen molar-refractivity contribution in [1.29, 1.82) is 0 Å². The molecule has 2 rings (SSSR count). The predicted octanol–water partition coefficient (Wildman–Crippen LogP) is 1.60. The molecule has 0 bridgehead atoms. The molecule has 5 nitrogen and oxygen atoms in total. The van der Waals surface area contributed by atoms with Gasteiger partial charge in [-0.2, -0.15) is 4.31 Å². The van der Waals surface area contributed by atoms with E-state index in [0.29, 0.717) is 31.1 Å². The molecule has 0 amide bonds. The van der Waals surface area contributed by atoms with E-state index in [4.69, 9.17) is 4.74 Å². The van der Waals surface area contributed by atoms with Crippen LogP contribution in [0.2, 0.25) is 0 Å². The van der Waals surface area contributed by atoms with Crippen molar-refractivity contribution in [1.82, 2.24) is 9.62 Å². The first-order valence-corrected chi connectivity index (χ1v) is 8.89. The SMILES string of the molecule is CCCNCc1cccc(S(=O)(=O)N2CCOC(C)C2)c1. The summed E-state index contributed by atoms with van der Waals surface area (Å²) in [5.41, 5.74) is 0.992. The number of nitrogens with one attached hydrogen (secondary N) is 1. The average Bonchev–Trinajstić information content (AvgIpc) is 2.48. The molecule has 1 atom stereocenters. The second-order valence-electron chi connectivity index (χ2n) is 5.37. The van der Waals surface area contributed by atoms with Gasteiger partial charge in [0.2, 0.25) is 10.0 Å². The second kappa shape index (κ2) is 7.35. The summed E-state index contributed by atoms with van der Waals surface area (Å²) in [6, 6.07) is 7.18. The Morgan fingerprint density at radius 3 is 2.95 bits per heavy atom. The largest absolute Gasteiger partial charge is 0.376 e. The summed E-state index contributed by atoms with van der Waals surface area (Å²) < 4.78 is 32.3. The zero-order chi connectivity index (χ0) is 15.3. The third-order valence-corrected chi connectivity index (χ3v) is 5.36. The molecular weight excluding hydrogens is 288 g/mol. The smallest absolute Gasteiger partial charge is 0.243 e. The van der Waals surface area contributed by atoms with Gasteiger partial charge in [0, 0.05) is 19.6 Å². The number of nitrogens with zero attached hydrogens (tertiary/aromatic N) is 1. The Balaban J connectivity index is 2.14. The van der Waals surface area contributed by atoms with Crippen LogP contribution in [0.3, 0.4) is 0 Å². The summed E-state index contributed by atoms with van der Waals surface area (Å²) in [5.74, 6) is 0. The van der Waals surface area contributed by atoms with E-state index < -0.39 is 10.0 Å². The zero-order valence-corrected chi connectivity index (χ0v) is 13.5. The van der Waals surface area contributed by atoms with Gasteiger partial charge in [-0.15, -0.1) is 0 Å². The minimum absolute atomic E-state index is 0.0528. The minimum atomic E-state index is -3.42. The number of hydrogen-bond acceptors (Lipinski definition) is 4. The number of hydrogen-bond donors (Lipinski definition) is 1. The first-order valence-electron chi connectivity index (χ1n) is 7.45. The molecule has 0 spiro atoms. The Morgan fingerprint density at radius 1 is 1.43 bits per heavy atom. The summed E-state index contributed by atoms with van der Waals surface area (Å²) >= 11 is 0. The van der Waals surface area contributed by atoms with Gasteiger partial charge in [0.15, 0.2) is 0 Å². The second-order valence-corrected chi connectivity index (χ2v) is 7.31. The molecule has 1 fully saturated rings. The quantitative estimate of drug-likeness (QED) is 0.811. The number of benzene rings is 1. The van der Waals surface area contributed by atoms with Gasteiger partial charge >= 0.3 is 0 Å². The van der Waals surface area contributed by atoms with E-state index in [2.05, 4.69) is 12.2 Å². The van der Waals surface area contributed by atoms with Gasteiger partial charge in [0.1, 0.15) is 0 Å². The molecule has 1 aromatic carbocycles. The number of ether oxygens (including phenoxy) is 1. The maximum Gasteiger partial charge on any atom is 0.243 e. The lowest BCUT2D eigenvalue weighted by molar-refractivity contribution is 0.0102. The first-order chi connectivity index (χ1) is 10.0. The molecule has 0 saturated carbocycles. The molecule has 1 aliphatic rings. The molecular formula is C15H24N2O3S. The van der Waals surface area contributed by atoms with Gasteiger partial charge in [0.25, 0.3) is 0 Å². The van der Waals surface area contributed by atoms with Crippen LogP contribution < -0.4 is 5.32 Å².